The normalized spacial score (nSPS) is 13.3. The van der Waals surface area contributed by atoms with Crippen molar-refractivity contribution in [3.63, 3.8) is 0 Å². The number of H-pyrrole nitrogens is 1. The van der Waals surface area contributed by atoms with Gasteiger partial charge in [-0.1, -0.05) is 134 Å². The fraction of sp³-hybridized carbons (Fsp3) is 0.700. The Balaban J connectivity index is 1.67. The first-order chi connectivity index (χ1) is 15.8. The van der Waals surface area contributed by atoms with Gasteiger partial charge in [-0.2, -0.15) is 0 Å². The SMILES string of the molecule is CCCCCCCCCCCCCCCC(Cc1ccccc1)C(CCC)[n+]1cc[nH]c1. The first kappa shape index (κ1) is 26.7. The number of nitrogens with one attached hydrogen (secondary N) is 1. The van der Waals surface area contributed by atoms with Crippen LogP contribution in [0.4, 0.5) is 0 Å². The van der Waals surface area contributed by atoms with Crippen molar-refractivity contribution in [2.75, 3.05) is 0 Å². The molecule has 1 N–H and O–H groups in total. The molecular formula is C30H51N2+. The Morgan fingerprint density at radius 1 is 0.688 bits per heavy atom. The van der Waals surface area contributed by atoms with Gasteiger partial charge in [0.05, 0.1) is 0 Å². The van der Waals surface area contributed by atoms with Gasteiger partial charge in [0.25, 0.3) is 0 Å². The van der Waals surface area contributed by atoms with Crippen LogP contribution in [0.25, 0.3) is 0 Å². The van der Waals surface area contributed by atoms with Crippen molar-refractivity contribution in [2.24, 2.45) is 5.92 Å². The lowest BCUT2D eigenvalue weighted by Gasteiger charge is -2.25. The predicted octanol–water partition coefficient (Wildman–Crippen LogP) is 8.98. The number of hydrogen-bond donors (Lipinski definition) is 1. The van der Waals surface area contributed by atoms with Gasteiger partial charge < -0.3 is 0 Å². The lowest BCUT2D eigenvalue weighted by atomic mass is 9.85. The van der Waals surface area contributed by atoms with Crippen molar-refractivity contribution in [2.45, 2.75) is 129 Å². The molecule has 2 rings (SSSR count). The standard InChI is InChI=1S/C30H50N2/c1-3-5-6-7-8-9-10-11-12-13-14-15-19-23-29(26-28-21-17-16-18-22-28)30(20-4-2)32-25-24-31-27-32/h16-18,21-22,24-25,27,29-30H,3-15,19-20,23,26H2,1-2H3/p+1. The highest BCUT2D eigenvalue weighted by Crippen LogP contribution is 2.28. The lowest BCUT2D eigenvalue weighted by molar-refractivity contribution is -0.730. The van der Waals surface area contributed by atoms with Crippen LogP contribution in [0.1, 0.15) is 128 Å². The van der Waals surface area contributed by atoms with E-state index in [4.69, 9.17) is 0 Å². The maximum atomic E-state index is 3.27. The van der Waals surface area contributed by atoms with Crippen molar-refractivity contribution in [3.05, 3.63) is 54.6 Å². The fourth-order valence-electron chi connectivity index (χ4n) is 5.20. The fourth-order valence-corrected chi connectivity index (χ4v) is 5.20. The van der Waals surface area contributed by atoms with Crippen LogP contribution >= 0.6 is 0 Å². The van der Waals surface area contributed by atoms with E-state index in [1.54, 1.807) is 0 Å². The Kier molecular flexibility index (Phi) is 14.9. The molecule has 0 fully saturated rings. The van der Waals surface area contributed by atoms with E-state index in [9.17, 15) is 0 Å². The van der Waals surface area contributed by atoms with Crippen LogP contribution in [0.3, 0.4) is 0 Å². The van der Waals surface area contributed by atoms with Crippen molar-refractivity contribution < 1.29 is 4.57 Å². The maximum absolute atomic E-state index is 3.27. The molecule has 32 heavy (non-hydrogen) atoms. The Morgan fingerprint density at radius 3 is 1.81 bits per heavy atom. The van der Waals surface area contributed by atoms with Gasteiger partial charge in [-0.25, -0.2) is 4.57 Å². The van der Waals surface area contributed by atoms with Gasteiger partial charge in [0.1, 0.15) is 18.4 Å². The zero-order valence-corrected chi connectivity index (χ0v) is 21.2. The average molecular weight is 440 g/mol. The Bertz CT molecular complexity index is 634. The number of nitrogens with zero attached hydrogens (tertiary/aromatic N) is 1. The summed E-state index contributed by atoms with van der Waals surface area (Å²) in [6, 6.07) is 11.7. The minimum Gasteiger partial charge on any atom is -0.250 e. The van der Waals surface area contributed by atoms with E-state index in [0.29, 0.717) is 12.0 Å². The minimum atomic E-state index is 0.601. The van der Waals surface area contributed by atoms with E-state index in [-0.39, 0.29) is 0 Å². The van der Waals surface area contributed by atoms with Crippen LogP contribution < -0.4 is 4.57 Å². The molecule has 2 atom stereocenters. The molecule has 0 radical (unpaired) electrons. The average Bonchev–Trinajstić information content (AvgIpc) is 3.35. The van der Waals surface area contributed by atoms with Crippen molar-refractivity contribution in [1.29, 1.82) is 0 Å². The summed E-state index contributed by atoms with van der Waals surface area (Å²) in [6.45, 7) is 4.62. The molecule has 180 valence electrons. The highest BCUT2D eigenvalue weighted by atomic mass is 15.1. The molecule has 0 saturated carbocycles. The Labute approximate surface area is 199 Å². The van der Waals surface area contributed by atoms with Crippen LogP contribution in [0, 0.1) is 5.92 Å². The molecule has 0 aliphatic heterocycles. The van der Waals surface area contributed by atoms with Crippen molar-refractivity contribution in [1.82, 2.24) is 4.98 Å². The van der Waals surface area contributed by atoms with Gasteiger partial charge in [-0.15, -0.1) is 0 Å². The molecule has 0 amide bonds. The van der Waals surface area contributed by atoms with E-state index in [2.05, 4.69) is 72.5 Å². The van der Waals surface area contributed by atoms with E-state index >= 15 is 0 Å². The van der Waals surface area contributed by atoms with Gasteiger partial charge in [0, 0.05) is 5.92 Å². The number of hydrogen-bond acceptors (Lipinski definition) is 0. The van der Waals surface area contributed by atoms with E-state index in [1.165, 1.54) is 115 Å². The molecule has 1 heterocycles. The largest absolute Gasteiger partial charge is 0.250 e. The second-order valence-electron chi connectivity index (χ2n) is 9.90. The molecule has 0 spiro atoms. The zero-order chi connectivity index (χ0) is 22.7. The number of aromatic nitrogens is 2. The first-order valence-electron chi connectivity index (χ1n) is 13.9. The molecule has 1 aromatic heterocycles. The second-order valence-corrected chi connectivity index (χ2v) is 9.90. The highest BCUT2D eigenvalue weighted by Gasteiger charge is 2.26. The Hall–Kier alpha value is -1.57. The van der Waals surface area contributed by atoms with Crippen LogP contribution in [0.15, 0.2) is 49.1 Å². The number of aromatic amines is 1. The summed E-state index contributed by atoms with van der Waals surface area (Å²) in [5.41, 5.74) is 1.49. The summed E-state index contributed by atoms with van der Waals surface area (Å²) in [5, 5.41) is 0. The van der Waals surface area contributed by atoms with Crippen LogP contribution in [-0.4, -0.2) is 4.98 Å². The highest BCUT2D eigenvalue weighted by molar-refractivity contribution is 5.15. The number of rotatable bonds is 20. The molecule has 1 aromatic carbocycles. The minimum absolute atomic E-state index is 0.601. The van der Waals surface area contributed by atoms with Gasteiger partial charge >= 0.3 is 0 Å². The third-order valence-electron chi connectivity index (χ3n) is 7.10. The van der Waals surface area contributed by atoms with Gasteiger partial charge in [-0.3, -0.25) is 4.98 Å². The predicted molar refractivity (Wildman–Crippen MR) is 139 cm³/mol. The number of benzene rings is 1. The van der Waals surface area contributed by atoms with Gasteiger partial charge in [-0.05, 0) is 24.8 Å². The van der Waals surface area contributed by atoms with E-state index in [1.807, 2.05) is 0 Å². The monoisotopic (exact) mass is 439 g/mol. The number of imidazole rings is 1. The first-order valence-corrected chi connectivity index (χ1v) is 13.9. The summed E-state index contributed by atoms with van der Waals surface area (Å²) in [6.07, 6.45) is 30.1. The molecule has 2 unspecified atom stereocenters. The van der Waals surface area contributed by atoms with Crippen molar-refractivity contribution >= 4 is 0 Å². The lowest BCUT2D eigenvalue weighted by Crippen LogP contribution is -2.42. The molecular weight excluding hydrogens is 388 g/mol. The molecule has 0 aliphatic rings. The summed E-state index contributed by atoms with van der Waals surface area (Å²) in [4.78, 5) is 3.27. The number of unbranched alkanes of at least 4 members (excludes halogenated alkanes) is 12. The quantitative estimate of drug-likeness (QED) is 0.157. The summed E-state index contributed by atoms with van der Waals surface area (Å²) < 4.78 is 2.43. The van der Waals surface area contributed by atoms with Crippen LogP contribution in [-0.2, 0) is 6.42 Å². The molecule has 2 nitrogen and oxygen atoms in total. The molecule has 2 aromatic rings. The van der Waals surface area contributed by atoms with Gasteiger partial charge in [0.2, 0.25) is 6.33 Å². The van der Waals surface area contributed by atoms with E-state index < -0.39 is 0 Å². The van der Waals surface area contributed by atoms with Crippen LogP contribution in [0.2, 0.25) is 0 Å². The molecule has 0 aliphatic carbocycles. The van der Waals surface area contributed by atoms with Gasteiger partial charge in [0.15, 0.2) is 0 Å². The van der Waals surface area contributed by atoms with Crippen LogP contribution in [0.5, 0.6) is 0 Å². The topological polar surface area (TPSA) is 19.7 Å². The van der Waals surface area contributed by atoms with Crippen molar-refractivity contribution in [3.8, 4) is 0 Å². The summed E-state index contributed by atoms with van der Waals surface area (Å²) >= 11 is 0. The second kappa shape index (κ2) is 17.9. The smallest absolute Gasteiger partial charge is 0.241 e. The Morgan fingerprint density at radius 2 is 1.28 bits per heavy atom. The summed E-state index contributed by atoms with van der Waals surface area (Å²) in [7, 11) is 0. The third kappa shape index (κ3) is 11.3. The molecule has 0 bridgehead atoms. The molecule has 2 heteroatoms. The maximum Gasteiger partial charge on any atom is 0.241 e. The summed E-state index contributed by atoms with van der Waals surface area (Å²) in [5.74, 6) is 0.714. The molecule has 0 saturated heterocycles. The third-order valence-corrected chi connectivity index (χ3v) is 7.10. The van der Waals surface area contributed by atoms with E-state index in [0.717, 1.165) is 0 Å². The zero-order valence-electron chi connectivity index (χ0n) is 21.2.